The highest BCUT2D eigenvalue weighted by atomic mass is 32.2. The monoisotopic (exact) mass is 510 g/mol. The molecule has 0 saturated carbocycles. The van der Waals surface area contributed by atoms with Crippen LogP contribution >= 0.6 is 0 Å². The quantitative estimate of drug-likeness (QED) is 0.251. The van der Waals surface area contributed by atoms with Gasteiger partial charge in [-0.05, 0) is 51.3 Å². The van der Waals surface area contributed by atoms with Gasteiger partial charge in [-0.25, -0.2) is 8.42 Å². The molecular formula is C23H34N4O5S2. The number of hydrogen-bond donors (Lipinski definition) is 0. The van der Waals surface area contributed by atoms with E-state index in [4.69, 9.17) is 4.18 Å². The summed E-state index contributed by atoms with van der Waals surface area (Å²) in [5.74, 6) is 0.403. The molecule has 0 bridgehead atoms. The summed E-state index contributed by atoms with van der Waals surface area (Å²) in [5, 5.41) is 9.98. The Labute approximate surface area is 203 Å². The molecule has 1 aromatic carbocycles. The van der Waals surface area contributed by atoms with Crippen LogP contribution in [0.3, 0.4) is 0 Å². The predicted molar refractivity (Wildman–Crippen MR) is 130 cm³/mol. The van der Waals surface area contributed by atoms with Crippen LogP contribution in [0.1, 0.15) is 32.6 Å². The van der Waals surface area contributed by atoms with Crippen molar-refractivity contribution in [3.05, 3.63) is 41.1 Å². The largest absolute Gasteiger partial charge is 0.355 e. The molecule has 3 rings (SSSR count). The van der Waals surface area contributed by atoms with Gasteiger partial charge in [0.25, 0.3) is 10.1 Å². The second-order valence-electron chi connectivity index (χ2n) is 8.82. The minimum Gasteiger partial charge on any atom is -0.355 e. The first-order valence-corrected chi connectivity index (χ1v) is 15.0. The van der Waals surface area contributed by atoms with Crippen molar-refractivity contribution in [2.24, 2.45) is 0 Å². The maximum absolute atomic E-state index is 13.4. The second kappa shape index (κ2) is 11.5. The topological polar surface area (TPSA) is 111 Å². The molecule has 2 fully saturated rings. The van der Waals surface area contributed by atoms with Crippen molar-refractivity contribution in [1.29, 1.82) is 5.26 Å². The van der Waals surface area contributed by atoms with E-state index in [1.165, 1.54) is 25.0 Å². The van der Waals surface area contributed by atoms with E-state index < -0.39 is 20.0 Å². The van der Waals surface area contributed by atoms with Crippen molar-refractivity contribution in [2.45, 2.75) is 43.5 Å². The first kappa shape index (κ1) is 26.5. The van der Waals surface area contributed by atoms with Gasteiger partial charge in [0.2, 0.25) is 9.84 Å². The number of sulfone groups is 1. The van der Waals surface area contributed by atoms with Gasteiger partial charge < -0.3 is 14.7 Å². The maximum atomic E-state index is 13.4. The minimum atomic E-state index is -4.01. The van der Waals surface area contributed by atoms with E-state index in [0.717, 1.165) is 25.8 Å². The lowest BCUT2D eigenvalue weighted by Gasteiger charge is -2.27. The lowest BCUT2D eigenvalue weighted by atomic mass is 10.2. The van der Waals surface area contributed by atoms with Gasteiger partial charge in [0.15, 0.2) is 4.91 Å². The number of hydrogen-bond acceptors (Lipinski definition) is 9. The summed E-state index contributed by atoms with van der Waals surface area (Å²) in [6, 6.07) is 10.5. The highest BCUT2D eigenvalue weighted by molar-refractivity contribution is 7.95. The van der Waals surface area contributed by atoms with Crippen molar-refractivity contribution >= 4 is 20.0 Å². The number of benzene rings is 1. The molecule has 2 aliphatic heterocycles. The molecule has 188 valence electrons. The van der Waals surface area contributed by atoms with Gasteiger partial charge in [-0.1, -0.05) is 18.2 Å². The molecule has 1 aromatic rings. The van der Waals surface area contributed by atoms with E-state index >= 15 is 0 Å². The Kier molecular flexibility index (Phi) is 8.98. The molecule has 2 heterocycles. The van der Waals surface area contributed by atoms with Crippen molar-refractivity contribution in [1.82, 2.24) is 14.7 Å². The van der Waals surface area contributed by atoms with Crippen LogP contribution in [-0.4, -0.2) is 89.7 Å². The molecule has 2 saturated heterocycles. The summed E-state index contributed by atoms with van der Waals surface area (Å²) < 4.78 is 54.1. The molecule has 1 unspecified atom stereocenters. The Morgan fingerprint density at radius 2 is 1.68 bits per heavy atom. The fraction of sp³-hybridized carbons (Fsp3) is 0.609. The SMILES string of the molecule is CC1CCCN1CCCN1CCN(CCCOS(C)(=O)=O)C1=C(C#N)S(=O)(=O)c1ccccc1. The fourth-order valence-corrected chi connectivity index (χ4v) is 6.37. The van der Waals surface area contributed by atoms with Crippen LogP contribution in [-0.2, 0) is 24.1 Å². The van der Waals surface area contributed by atoms with Gasteiger partial charge in [-0.15, -0.1) is 0 Å². The van der Waals surface area contributed by atoms with Gasteiger partial charge in [0.1, 0.15) is 11.9 Å². The molecule has 1 atom stereocenters. The minimum absolute atomic E-state index is 0.00276. The van der Waals surface area contributed by atoms with Crippen LogP contribution in [0.15, 0.2) is 46.0 Å². The van der Waals surface area contributed by atoms with Crippen LogP contribution < -0.4 is 0 Å². The first-order chi connectivity index (χ1) is 16.1. The summed E-state index contributed by atoms with van der Waals surface area (Å²) in [7, 11) is -7.55. The summed E-state index contributed by atoms with van der Waals surface area (Å²) in [4.78, 5) is 6.11. The number of allylic oxidation sites excluding steroid dienone is 1. The molecular weight excluding hydrogens is 476 g/mol. The fourth-order valence-electron chi connectivity index (χ4n) is 4.58. The standard InChI is InChI=1S/C23H34N4O5S2/c1-20-9-6-12-25(20)13-7-14-26-16-17-27(15-8-18-32-33(2,28)29)23(26)22(19-24)34(30,31)21-10-4-3-5-11-21/h3-5,10-11,20H,6-9,12-18H2,1-2H3. The van der Waals surface area contributed by atoms with Crippen LogP contribution in [0.4, 0.5) is 0 Å². The Bertz CT molecular complexity index is 1110. The van der Waals surface area contributed by atoms with Crippen LogP contribution in [0.25, 0.3) is 0 Å². The third kappa shape index (κ3) is 6.72. The average Bonchev–Trinajstić information content (AvgIpc) is 3.38. The lowest BCUT2D eigenvalue weighted by molar-refractivity contribution is 0.243. The van der Waals surface area contributed by atoms with E-state index in [-0.39, 0.29) is 16.4 Å². The van der Waals surface area contributed by atoms with Crippen molar-refractivity contribution < 1.29 is 21.0 Å². The van der Waals surface area contributed by atoms with Gasteiger partial charge >= 0.3 is 0 Å². The Morgan fingerprint density at radius 1 is 1.03 bits per heavy atom. The molecule has 9 nitrogen and oxygen atoms in total. The van der Waals surface area contributed by atoms with Gasteiger partial charge in [-0.2, -0.15) is 13.7 Å². The van der Waals surface area contributed by atoms with E-state index in [2.05, 4.69) is 11.8 Å². The van der Waals surface area contributed by atoms with Crippen molar-refractivity contribution in [3.8, 4) is 6.07 Å². The van der Waals surface area contributed by atoms with Crippen LogP contribution in [0.2, 0.25) is 0 Å². The molecule has 11 heteroatoms. The van der Waals surface area contributed by atoms with Crippen molar-refractivity contribution in [2.75, 3.05) is 52.1 Å². The maximum Gasteiger partial charge on any atom is 0.264 e. The molecule has 34 heavy (non-hydrogen) atoms. The zero-order chi connectivity index (χ0) is 24.8. The van der Waals surface area contributed by atoms with E-state index in [0.29, 0.717) is 44.5 Å². The molecule has 0 spiro atoms. The number of rotatable bonds is 11. The Hall–Kier alpha value is -2.13. The van der Waals surface area contributed by atoms with E-state index in [1.54, 1.807) is 18.2 Å². The van der Waals surface area contributed by atoms with Gasteiger partial charge in [0.05, 0.1) is 17.8 Å². The third-order valence-electron chi connectivity index (χ3n) is 6.30. The molecule has 0 aromatic heterocycles. The number of nitriles is 1. The number of likely N-dealkylation sites (tertiary alicyclic amines) is 1. The molecule has 0 aliphatic carbocycles. The molecule has 2 aliphatic rings. The van der Waals surface area contributed by atoms with Crippen molar-refractivity contribution in [3.63, 3.8) is 0 Å². The zero-order valence-corrected chi connectivity index (χ0v) is 21.5. The predicted octanol–water partition coefficient (Wildman–Crippen LogP) is 2.01. The highest BCUT2D eigenvalue weighted by Crippen LogP contribution is 2.29. The molecule has 0 radical (unpaired) electrons. The summed E-state index contributed by atoms with van der Waals surface area (Å²) in [6.45, 7) is 6.45. The molecule has 0 amide bonds. The average molecular weight is 511 g/mol. The summed E-state index contributed by atoms with van der Waals surface area (Å²) in [6.07, 6.45) is 4.65. The summed E-state index contributed by atoms with van der Waals surface area (Å²) in [5.41, 5.74) is 0. The van der Waals surface area contributed by atoms with E-state index in [9.17, 15) is 22.1 Å². The third-order valence-corrected chi connectivity index (χ3v) is 8.60. The Morgan fingerprint density at radius 3 is 2.24 bits per heavy atom. The zero-order valence-electron chi connectivity index (χ0n) is 19.9. The normalized spacial score (nSPS) is 21.1. The van der Waals surface area contributed by atoms with Gasteiger partial charge in [0, 0.05) is 38.8 Å². The van der Waals surface area contributed by atoms with Crippen LogP contribution in [0.5, 0.6) is 0 Å². The Balaban J connectivity index is 1.82. The highest BCUT2D eigenvalue weighted by Gasteiger charge is 2.34. The van der Waals surface area contributed by atoms with Crippen LogP contribution in [0, 0.1) is 11.3 Å². The number of nitrogens with zero attached hydrogens (tertiary/aromatic N) is 4. The van der Waals surface area contributed by atoms with E-state index in [1.807, 2.05) is 15.9 Å². The molecule has 0 N–H and O–H groups in total. The lowest BCUT2D eigenvalue weighted by Crippen LogP contribution is -2.32. The summed E-state index contributed by atoms with van der Waals surface area (Å²) >= 11 is 0. The van der Waals surface area contributed by atoms with Gasteiger partial charge in [-0.3, -0.25) is 4.18 Å². The second-order valence-corrected chi connectivity index (χ2v) is 12.3. The smallest absolute Gasteiger partial charge is 0.264 e. The first-order valence-electron chi connectivity index (χ1n) is 11.7.